The third-order valence-electron chi connectivity index (χ3n) is 5.11. The van der Waals surface area contributed by atoms with Crippen LogP contribution in [0.15, 0.2) is 67.0 Å². The van der Waals surface area contributed by atoms with E-state index in [-0.39, 0.29) is 0 Å². The Kier molecular flexibility index (Phi) is 4.46. The van der Waals surface area contributed by atoms with Gasteiger partial charge in [-0.2, -0.15) is 0 Å². The SMILES string of the molecule is c1ccc(-c2ncn(CC3CCCCC3)c2-c2ccccc2)cc1. The van der Waals surface area contributed by atoms with Gasteiger partial charge in [0.25, 0.3) is 0 Å². The summed E-state index contributed by atoms with van der Waals surface area (Å²) in [4.78, 5) is 4.79. The lowest BCUT2D eigenvalue weighted by atomic mass is 9.89. The fourth-order valence-corrected chi connectivity index (χ4v) is 3.87. The van der Waals surface area contributed by atoms with Crippen LogP contribution in [0, 0.1) is 5.92 Å². The number of hydrogen-bond donors (Lipinski definition) is 0. The van der Waals surface area contributed by atoms with Crippen molar-refractivity contribution in [1.82, 2.24) is 9.55 Å². The fourth-order valence-electron chi connectivity index (χ4n) is 3.87. The molecule has 0 spiro atoms. The smallest absolute Gasteiger partial charge is 0.0963 e. The third kappa shape index (κ3) is 3.14. The number of benzene rings is 2. The number of rotatable bonds is 4. The molecule has 0 N–H and O–H groups in total. The molecule has 24 heavy (non-hydrogen) atoms. The van der Waals surface area contributed by atoms with E-state index in [1.807, 2.05) is 6.33 Å². The molecule has 1 aliphatic rings. The van der Waals surface area contributed by atoms with Gasteiger partial charge in [0.1, 0.15) is 0 Å². The van der Waals surface area contributed by atoms with E-state index in [0.29, 0.717) is 0 Å². The first kappa shape index (κ1) is 15.2. The van der Waals surface area contributed by atoms with Crippen molar-refractivity contribution in [2.45, 2.75) is 38.6 Å². The molecule has 0 amide bonds. The molecule has 0 radical (unpaired) electrons. The van der Waals surface area contributed by atoms with Crippen LogP contribution in [-0.2, 0) is 6.54 Å². The van der Waals surface area contributed by atoms with Crippen LogP contribution in [0.5, 0.6) is 0 Å². The van der Waals surface area contributed by atoms with Gasteiger partial charge in [0.2, 0.25) is 0 Å². The van der Waals surface area contributed by atoms with Crippen molar-refractivity contribution >= 4 is 0 Å². The molecule has 3 aromatic rings. The lowest BCUT2D eigenvalue weighted by Gasteiger charge is -2.23. The Bertz CT molecular complexity index is 768. The number of aromatic nitrogens is 2. The number of nitrogens with zero attached hydrogens (tertiary/aromatic N) is 2. The number of hydrogen-bond acceptors (Lipinski definition) is 1. The Morgan fingerprint density at radius 2 is 1.42 bits per heavy atom. The Morgan fingerprint density at radius 1 is 0.792 bits per heavy atom. The van der Waals surface area contributed by atoms with Gasteiger partial charge in [0.15, 0.2) is 0 Å². The summed E-state index contributed by atoms with van der Waals surface area (Å²) in [5.74, 6) is 0.791. The highest BCUT2D eigenvalue weighted by Gasteiger charge is 2.19. The standard InChI is InChI=1S/C22H24N2/c1-4-10-18(11-5-1)16-24-17-23-21(19-12-6-2-7-13-19)22(24)20-14-8-3-9-15-20/h2-3,6-9,12-15,17-18H,1,4-5,10-11,16H2. The molecule has 1 aliphatic carbocycles. The summed E-state index contributed by atoms with van der Waals surface area (Å²) in [7, 11) is 0. The summed E-state index contributed by atoms with van der Waals surface area (Å²) in [5, 5.41) is 0. The summed E-state index contributed by atoms with van der Waals surface area (Å²) in [6.45, 7) is 1.09. The predicted molar refractivity (Wildman–Crippen MR) is 99.7 cm³/mol. The average Bonchev–Trinajstić information content (AvgIpc) is 3.07. The number of imidazole rings is 1. The molecule has 1 fully saturated rings. The van der Waals surface area contributed by atoms with E-state index in [1.165, 1.54) is 48.9 Å². The molecule has 2 aromatic carbocycles. The summed E-state index contributed by atoms with van der Waals surface area (Å²) in [6, 6.07) is 21.2. The first-order valence-electron chi connectivity index (χ1n) is 9.08. The van der Waals surface area contributed by atoms with Crippen molar-refractivity contribution < 1.29 is 0 Å². The predicted octanol–water partition coefficient (Wildman–Crippen LogP) is 5.80. The second-order valence-electron chi connectivity index (χ2n) is 6.83. The van der Waals surface area contributed by atoms with Crippen LogP contribution >= 0.6 is 0 Å². The Balaban J connectivity index is 1.75. The van der Waals surface area contributed by atoms with Crippen molar-refractivity contribution in [1.29, 1.82) is 0 Å². The van der Waals surface area contributed by atoms with Gasteiger partial charge in [-0.05, 0) is 18.8 Å². The van der Waals surface area contributed by atoms with Crippen molar-refractivity contribution in [3.8, 4) is 22.5 Å². The molecule has 2 nitrogen and oxygen atoms in total. The molecule has 1 saturated carbocycles. The minimum Gasteiger partial charge on any atom is -0.330 e. The Hall–Kier alpha value is -2.35. The molecular weight excluding hydrogens is 292 g/mol. The molecular formula is C22H24N2. The summed E-state index contributed by atoms with van der Waals surface area (Å²) in [5.41, 5.74) is 4.80. The topological polar surface area (TPSA) is 17.8 Å². The molecule has 0 saturated heterocycles. The fraction of sp³-hybridized carbons (Fsp3) is 0.318. The van der Waals surface area contributed by atoms with Crippen LogP contribution in [0.3, 0.4) is 0 Å². The van der Waals surface area contributed by atoms with Gasteiger partial charge in [0.05, 0.1) is 17.7 Å². The maximum Gasteiger partial charge on any atom is 0.0963 e. The van der Waals surface area contributed by atoms with E-state index in [2.05, 4.69) is 65.2 Å². The minimum atomic E-state index is 0.791. The first-order valence-corrected chi connectivity index (χ1v) is 9.08. The van der Waals surface area contributed by atoms with Gasteiger partial charge in [-0.1, -0.05) is 79.9 Å². The molecule has 1 heterocycles. The van der Waals surface area contributed by atoms with Crippen molar-refractivity contribution in [2.24, 2.45) is 5.92 Å². The zero-order chi connectivity index (χ0) is 16.2. The maximum absolute atomic E-state index is 4.79. The monoisotopic (exact) mass is 316 g/mol. The summed E-state index contributed by atoms with van der Waals surface area (Å²) in [6.07, 6.45) is 8.91. The van der Waals surface area contributed by atoms with E-state index >= 15 is 0 Å². The van der Waals surface area contributed by atoms with Crippen LogP contribution in [0.25, 0.3) is 22.5 Å². The molecule has 122 valence electrons. The van der Waals surface area contributed by atoms with Crippen LogP contribution in [0.4, 0.5) is 0 Å². The second kappa shape index (κ2) is 7.04. The van der Waals surface area contributed by atoms with Gasteiger partial charge in [-0.25, -0.2) is 4.98 Å². The van der Waals surface area contributed by atoms with Crippen molar-refractivity contribution in [3.05, 3.63) is 67.0 Å². The molecule has 0 aliphatic heterocycles. The second-order valence-corrected chi connectivity index (χ2v) is 6.83. The molecule has 1 aromatic heterocycles. The van der Waals surface area contributed by atoms with Crippen LogP contribution in [0.1, 0.15) is 32.1 Å². The maximum atomic E-state index is 4.79. The highest BCUT2D eigenvalue weighted by Crippen LogP contribution is 2.33. The third-order valence-corrected chi connectivity index (χ3v) is 5.11. The lowest BCUT2D eigenvalue weighted by Crippen LogP contribution is -2.14. The zero-order valence-corrected chi connectivity index (χ0v) is 14.1. The van der Waals surface area contributed by atoms with E-state index in [9.17, 15) is 0 Å². The zero-order valence-electron chi connectivity index (χ0n) is 14.1. The van der Waals surface area contributed by atoms with Gasteiger partial charge >= 0.3 is 0 Å². The first-order chi connectivity index (χ1) is 11.9. The summed E-state index contributed by atoms with van der Waals surface area (Å²) < 4.78 is 2.38. The Morgan fingerprint density at radius 3 is 2.08 bits per heavy atom. The van der Waals surface area contributed by atoms with Gasteiger partial charge in [0, 0.05) is 17.7 Å². The van der Waals surface area contributed by atoms with Crippen LogP contribution in [0.2, 0.25) is 0 Å². The van der Waals surface area contributed by atoms with E-state index in [4.69, 9.17) is 4.98 Å². The minimum absolute atomic E-state index is 0.791. The lowest BCUT2D eigenvalue weighted by molar-refractivity contribution is 0.320. The van der Waals surface area contributed by atoms with Crippen LogP contribution < -0.4 is 0 Å². The average molecular weight is 316 g/mol. The molecule has 0 unspecified atom stereocenters. The van der Waals surface area contributed by atoms with Crippen LogP contribution in [-0.4, -0.2) is 9.55 Å². The molecule has 4 rings (SSSR count). The molecule has 0 atom stereocenters. The van der Waals surface area contributed by atoms with E-state index < -0.39 is 0 Å². The quantitative estimate of drug-likeness (QED) is 0.595. The normalized spacial score (nSPS) is 15.5. The van der Waals surface area contributed by atoms with Crippen molar-refractivity contribution in [2.75, 3.05) is 0 Å². The van der Waals surface area contributed by atoms with E-state index in [0.717, 1.165) is 18.2 Å². The highest BCUT2D eigenvalue weighted by molar-refractivity contribution is 5.78. The van der Waals surface area contributed by atoms with Gasteiger partial charge in [-0.15, -0.1) is 0 Å². The largest absolute Gasteiger partial charge is 0.330 e. The Labute approximate surface area is 144 Å². The highest BCUT2D eigenvalue weighted by atomic mass is 15.1. The molecule has 2 heteroatoms. The van der Waals surface area contributed by atoms with E-state index in [1.54, 1.807) is 0 Å². The summed E-state index contributed by atoms with van der Waals surface area (Å²) >= 11 is 0. The van der Waals surface area contributed by atoms with Gasteiger partial charge < -0.3 is 4.57 Å². The van der Waals surface area contributed by atoms with Crippen molar-refractivity contribution in [3.63, 3.8) is 0 Å². The molecule has 0 bridgehead atoms. The van der Waals surface area contributed by atoms with Gasteiger partial charge in [-0.3, -0.25) is 0 Å².